The maximum atomic E-state index is 13.6. The molecule has 26 heteroatoms. The van der Waals surface area contributed by atoms with Crippen molar-refractivity contribution in [3.05, 3.63) is 136 Å². The molecule has 6 unspecified atom stereocenters. The van der Waals surface area contributed by atoms with Crippen molar-refractivity contribution in [2.75, 3.05) is 0 Å². The summed E-state index contributed by atoms with van der Waals surface area (Å²) < 4.78 is 33.3. The number of rotatable bonds is 9. The number of aryl methyl sites for hydroxylation is 3. The number of esters is 3. The van der Waals surface area contributed by atoms with Gasteiger partial charge in [-0.25, -0.2) is 15.0 Å². The smallest absolute Gasteiger partial charge is 0.309 e. The number of allylic oxidation sites excluding steroid dienone is 4. The number of epoxide rings is 2. The first-order valence-corrected chi connectivity index (χ1v) is 49.3. The zero-order valence-corrected chi connectivity index (χ0v) is 79.2. The summed E-state index contributed by atoms with van der Waals surface area (Å²) in [7, 11) is 0. The first-order valence-electron chi connectivity index (χ1n) is 40.5. The number of aromatic nitrogens is 3. The van der Waals surface area contributed by atoms with Crippen LogP contribution in [0.1, 0.15) is 264 Å². The molecule has 6 aromatic rings. The van der Waals surface area contributed by atoms with Crippen LogP contribution in [0.2, 0.25) is 0 Å². The lowest BCUT2D eigenvalue weighted by molar-refractivity contribution is -0.158. The molecule has 19 atom stereocenters. The number of aliphatic hydroxyl groups is 6. The van der Waals surface area contributed by atoms with Crippen LogP contribution in [0, 0.1) is 72.5 Å². The number of halogens is 3. The van der Waals surface area contributed by atoms with Crippen LogP contribution < -0.4 is 0 Å². The van der Waals surface area contributed by atoms with Gasteiger partial charge in [0.25, 0.3) is 0 Å². The van der Waals surface area contributed by atoms with Gasteiger partial charge in [-0.3, -0.25) is 28.8 Å². The van der Waals surface area contributed by atoms with Crippen molar-refractivity contribution in [3.8, 4) is 0 Å². The minimum Gasteiger partial charge on any atom is -0.457 e. The molecule has 656 valence electrons. The molecule has 5 aliphatic heterocycles. The summed E-state index contributed by atoms with van der Waals surface area (Å²) in [6.07, 6.45) is 7.52. The summed E-state index contributed by atoms with van der Waals surface area (Å²) in [4.78, 5) is 93.8. The zero-order chi connectivity index (χ0) is 85.0. The van der Waals surface area contributed by atoms with E-state index in [1.165, 1.54) is 5.57 Å². The number of thiazole rings is 3. The Bertz CT molecular complexity index is 4240. The second-order valence-corrected chi connectivity index (χ2v) is 38.5. The van der Waals surface area contributed by atoms with Crippen molar-refractivity contribution in [2.45, 2.75) is 313 Å². The first-order chi connectivity index (χ1) is 54.1. The highest BCUT2D eigenvalue weighted by Crippen LogP contribution is 2.50. The molecule has 5 aliphatic rings. The Hall–Kier alpha value is -4.42. The molecule has 11 rings (SSSR count). The van der Waals surface area contributed by atoms with Gasteiger partial charge in [0.2, 0.25) is 0 Å². The fraction of sp³-hybridized carbons (Fsp3) is 0.620. The highest BCUT2D eigenvalue weighted by atomic mass is 128. The van der Waals surface area contributed by atoms with Crippen molar-refractivity contribution in [2.24, 2.45) is 51.8 Å². The summed E-state index contributed by atoms with van der Waals surface area (Å²) in [5.41, 5.74) is 1.89. The molecule has 4 fully saturated rings. The van der Waals surface area contributed by atoms with Gasteiger partial charge >= 0.3 is 17.9 Å². The number of Topliss-reactive ketones (excluding diaryl/α,β-unsaturated/α-hetero) is 3. The number of hydrogen-bond donors (Lipinski definition) is 6. The van der Waals surface area contributed by atoms with E-state index in [-0.39, 0.29) is 117 Å². The Labute approximate surface area is 752 Å². The Kier molecular flexibility index (Phi) is 40.1. The third kappa shape index (κ3) is 26.6. The molecule has 3 aromatic heterocycles. The molecular formula is C92H132I3N3O17S3. The van der Waals surface area contributed by atoms with E-state index in [4.69, 9.17) is 23.7 Å². The number of hydrogen-bond acceptors (Lipinski definition) is 23. The number of carbonyl (C=O) groups is 6. The summed E-state index contributed by atoms with van der Waals surface area (Å²) >= 11 is 9.09. The van der Waals surface area contributed by atoms with Crippen molar-refractivity contribution in [3.63, 3.8) is 0 Å². The van der Waals surface area contributed by atoms with Crippen LogP contribution in [0.15, 0.2) is 104 Å². The standard InChI is InChI=1S/2C30H41NO6S.C30H41NO5S.2CH4.I2.HI/c2*1-7-9-20-27(34)17(2)10-8-13-30(6)25(37-30)15-22(19-11-12-23-21(14-19)31-18(3)38-23)36-26(33)16-24(32)29(4,5)28(20)35;1-7-9-22-28(34)19(3)11-8-10-18(2)12-14-24(21-13-15-25-23(16-21)31-20(4)37-25)36-27(33)17-26(32)30(5,6)29(22)35;;;1-2;/h2*7,11-12,14,17,20,22,24-25,27,32,34H,1,8-10,13,15-16H2,2-6H3;7,12-13,15-16,19,22,24,26,28,32,34H,1,8-11,14,17H2,2-6H3;2*1H4;;1H/b;;18-12-;;;;/t17-,20+,22?,24-,25+,27?,30-;17-,20+,22?,24-,25-,27?,30+;19-,22+,24?,26-,28?;;;;/m000..../s1. The van der Waals surface area contributed by atoms with Crippen LogP contribution in [-0.2, 0) is 52.5 Å². The second-order valence-electron chi connectivity index (χ2n) is 34.8. The Morgan fingerprint density at radius 2 is 0.754 bits per heavy atom. The number of cyclic esters (lactones) is 3. The molecule has 8 heterocycles. The van der Waals surface area contributed by atoms with E-state index in [0.29, 0.717) is 38.5 Å². The quantitative estimate of drug-likeness (QED) is 0.0257. The second kappa shape index (κ2) is 45.5. The van der Waals surface area contributed by atoms with Crippen molar-refractivity contribution < 1.29 is 83.1 Å². The molecule has 0 saturated carbocycles. The molecule has 0 aliphatic carbocycles. The lowest BCUT2D eigenvalue weighted by atomic mass is 9.71. The van der Waals surface area contributed by atoms with Crippen LogP contribution in [0.5, 0.6) is 0 Å². The minimum absolute atomic E-state index is 0. The van der Waals surface area contributed by atoms with Gasteiger partial charge in [0.05, 0.1) is 141 Å². The highest BCUT2D eigenvalue weighted by Gasteiger charge is 2.55. The van der Waals surface area contributed by atoms with Crippen LogP contribution in [0.25, 0.3) is 30.6 Å². The van der Waals surface area contributed by atoms with E-state index in [1.54, 1.807) is 93.8 Å². The van der Waals surface area contributed by atoms with Crippen molar-refractivity contribution in [1.29, 1.82) is 0 Å². The van der Waals surface area contributed by atoms with Gasteiger partial charge in [-0.1, -0.05) is 138 Å². The topological polar surface area (TPSA) is 315 Å². The molecule has 0 amide bonds. The van der Waals surface area contributed by atoms with E-state index in [2.05, 4.69) is 98.8 Å². The van der Waals surface area contributed by atoms with Gasteiger partial charge < -0.3 is 54.3 Å². The predicted molar refractivity (Wildman–Crippen MR) is 501 cm³/mol. The molecular weight excluding hydrogens is 1900 g/mol. The molecule has 0 bridgehead atoms. The van der Waals surface area contributed by atoms with E-state index in [1.807, 2.05) is 96.1 Å². The van der Waals surface area contributed by atoms with E-state index < -0.39 is 107 Å². The highest BCUT2D eigenvalue weighted by molar-refractivity contribution is 15.0. The molecule has 3 aromatic carbocycles. The fourth-order valence-corrected chi connectivity index (χ4v) is 18.9. The summed E-state index contributed by atoms with van der Waals surface area (Å²) in [5, 5.41) is 69.4. The Morgan fingerprint density at radius 1 is 0.466 bits per heavy atom. The third-order valence-corrected chi connectivity index (χ3v) is 27.6. The molecule has 6 N–H and O–H groups in total. The van der Waals surface area contributed by atoms with Crippen LogP contribution in [0.3, 0.4) is 0 Å². The Balaban J connectivity index is 0.000000308. The fourth-order valence-electron chi connectivity index (χ4n) is 16.4. The Morgan fingerprint density at radius 3 is 1.06 bits per heavy atom. The summed E-state index contributed by atoms with van der Waals surface area (Å²) in [6, 6.07) is 17.8. The van der Waals surface area contributed by atoms with Gasteiger partial charge in [-0.05, 0) is 177 Å². The summed E-state index contributed by atoms with van der Waals surface area (Å²) in [5.74, 6) is -4.99. The van der Waals surface area contributed by atoms with Gasteiger partial charge in [-0.15, -0.1) is 77.7 Å². The predicted octanol–water partition coefficient (Wildman–Crippen LogP) is 20.8. The van der Waals surface area contributed by atoms with Gasteiger partial charge in [0, 0.05) is 74.2 Å². The van der Waals surface area contributed by atoms with E-state index in [0.717, 1.165) is 120 Å². The maximum Gasteiger partial charge on any atom is 0.309 e. The van der Waals surface area contributed by atoms with E-state index >= 15 is 0 Å². The monoisotopic (exact) mass is 2030 g/mol. The van der Waals surface area contributed by atoms with Gasteiger partial charge in [-0.2, -0.15) is 0 Å². The van der Waals surface area contributed by atoms with Crippen molar-refractivity contribution in [1.82, 2.24) is 15.0 Å². The third-order valence-electron chi connectivity index (χ3n) is 24.7. The number of carbonyl (C=O) groups excluding carboxylic acids is 6. The van der Waals surface area contributed by atoms with Crippen LogP contribution in [-0.4, -0.2) is 141 Å². The SMILES string of the molecule is C.C.C=CC[C@H]1C(=O)C(C)(C)[C@@H](O)CC(=O)OC(c2ccc3sc(C)nc3c2)C/C=C(/C)CCC[C@H](C)C1O.C=CC[C@H]1C(=O)C(C)(C)[C@@H](O)CC(=O)OC(c2ccc3sc(C)nc3c2)C[C@@H]2O[C@]2(C)CCC[C@H](C)C1O.C=CC[C@H]1C(=O)C(C)(C)[C@@H](O)CC(=O)OC(c2ccc3sc(C)nc3c2)C[C@H]2O[C@@]2(C)CCC[C@H](C)C1O.I.II. The number of benzene rings is 3. The molecule has 20 nitrogen and oxygen atoms in total. The minimum atomic E-state index is -1.27. The zero-order valence-electron chi connectivity index (χ0n) is 70.1. The number of fused-ring (bicyclic) bond motifs is 5. The summed E-state index contributed by atoms with van der Waals surface area (Å²) in [6.45, 7) is 39.0. The molecule has 4 saturated heterocycles. The largest absolute Gasteiger partial charge is 0.457 e. The number of ketones is 3. The molecule has 118 heavy (non-hydrogen) atoms. The van der Waals surface area contributed by atoms with Crippen molar-refractivity contribution >= 4 is 161 Å². The number of nitrogens with zero attached hydrogens (tertiary/aromatic N) is 3. The number of ether oxygens (including phenoxy) is 5. The van der Waals surface area contributed by atoms with Crippen LogP contribution >= 0.6 is 95.2 Å². The lowest BCUT2D eigenvalue weighted by Gasteiger charge is -2.35. The van der Waals surface area contributed by atoms with E-state index in [9.17, 15) is 59.4 Å². The first kappa shape index (κ1) is 104. The molecule has 0 radical (unpaired) electrons. The average molecular weight is 2030 g/mol. The van der Waals surface area contributed by atoms with Crippen LogP contribution in [0.4, 0.5) is 0 Å². The normalized spacial score (nSPS) is 31.9. The lowest BCUT2D eigenvalue weighted by Crippen LogP contribution is -2.46. The molecule has 0 spiro atoms. The van der Waals surface area contributed by atoms with Gasteiger partial charge in [0.1, 0.15) is 35.7 Å². The number of aliphatic hydroxyl groups excluding tert-OH is 6. The maximum absolute atomic E-state index is 13.6. The average Bonchev–Trinajstić information content (AvgIpc) is 1.65. The van der Waals surface area contributed by atoms with Gasteiger partial charge in [0.15, 0.2) is 0 Å².